The minimum Gasteiger partial charge on any atom is -0.394 e. The van der Waals surface area contributed by atoms with Gasteiger partial charge in [-0.15, -0.1) is 0 Å². The molecule has 17 unspecified atom stereocenters. The van der Waals surface area contributed by atoms with Crippen molar-refractivity contribution in [2.75, 3.05) is 13.2 Å². The van der Waals surface area contributed by atoms with Gasteiger partial charge in [0, 0.05) is 6.42 Å². The Labute approximate surface area is 301 Å². The molecule has 9 nitrogen and oxygen atoms in total. The molecule has 6 aliphatic rings. The van der Waals surface area contributed by atoms with Crippen molar-refractivity contribution >= 4 is 5.78 Å². The van der Waals surface area contributed by atoms with Crippen LogP contribution in [-0.2, 0) is 14.3 Å². The van der Waals surface area contributed by atoms with Crippen molar-refractivity contribution in [3.05, 3.63) is 0 Å². The van der Waals surface area contributed by atoms with Crippen molar-refractivity contribution in [1.82, 2.24) is 0 Å². The summed E-state index contributed by atoms with van der Waals surface area (Å²) in [5.41, 5.74) is 7.88. The first kappa shape index (κ1) is 39.1. The summed E-state index contributed by atoms with van der Waals surface area (Å²) in [7, 11) is 0. The summed E-state index contributed by atoms with van der Waals surface area (Å²) in [4.78, 5) is 13.1. The van der Waals surface area contributed by atoms with Gasteiger partial charge in [-0.05, 0) is 133 Å². The standard InChI is InChI=1S/C41H71NO8/c1-23(9-10-26(44)33(46)27(45)22-49-36-32(42)35(48)34(47)28(21-43)50-36)24-13-18-38(4)25(24)14-19-40(6)30(38)11-12-31-39(5)17-8-16-37(2,3)29(39)15-20-41(31,40)7/h23-25,27-36,43,45-48H,8-22,42H2,1-7H3. The minimum atomic E-state index is -1.61. The van der Waals surface area contributed by atoms with E-state index in [-0.39, 0.29) is 6.42 Å². The van der Waals surface area contributed by atoms with Gasteiger partial charge in [0.05, 0.1) is 19.3 Å². The summed E-state index contributed by atoms with van der Waals surface area (Å²) in [5, 5.41) is 50.9. The lowest BCUT2D eigenvalue weighted by Crippen LogP contribution is -2.65. The van der Waals surface area contributed by atoms with Crippen LogP contribution in [0.5, 0.6) is 0 Å². The number of rotatable bonds is 10. The van der Waals surface area contributed by atoms with E-state index in [1.54, 1.807) is 0 Å². The highest BCUT2D eigenvalue weighted by Gasteiger charge is 2.70. The molecule has 7 N–H and O–H groups in total. The van der Waals surface area contributed by atoms with Crippen LogP contribution >= 0.6 is 0 Å². The topological polar surface area (TPSA) is 163 Å². The molecule has 5 aliphatic carbocycles. The zero-order chi connectivity index (χ0) is 36.6. The maximum absolute atomic E-state index is 13.1. The number of aliphatic hydroxyl groups excluding tert-OH is 5. The molecule has 0 aromatic carbocycles. The van der Waals surface area contributed by atoms with Crippen LogP contribution in [0.25, 0.3) is 0 Å². The van der Waals surface area contributed by atoms with Crippen molar-refractivity contribution in [2.24, 2.45) is 68.3 Å². The van der Waals surface area contributed by atoms with Gasteiger partial charge in [0.25, 0.3) is 0 Å². The molecular formula is C41H71NO8. The van der Waals surface area contributed by atoms with E-state index in [9.17, 15) is 30.3 Å². The Balaban J connectivity index is 1.05. The van der Waals surface area contributed by atoms with Gasteiger partial charge in [-0.1, -0.05) is 54.9 Å². The number of fused-ring (bicyclic) bond motifs is 7. The Morgan fingerprint density at radius 3 is 2.14 bits per heavy atom. The van der Waals surface area contributed by atoms with Crippen LogP contribution in [0.1, 0.15) is 132 Å². The number of Topliss-reactive ketones (excluding diaryl/α,β-unsaturated/α-hetero) is 1. The van der Waals surface area contributed by atoms with E-state index in [4.69, 9.17) is 15.2 Å². The molecule has 9 heteroatoms. The van der Waals surface area contributed by atoms with E-state index in [2.05, 4.69) is 48.5 Å². The van der Waals surface area contributed by atoms with Gasteiger partial charge in [-0.3, -0.25) is 4.79 Å². The van der Waals surface area contributed by atoms with Gasteiger partial charge < -0.3 is 40.7 Å². The lowest BCUT2D eigenvalue weighted by Gasteiger charge is -2.73. The van der Waals surface area contributed by atoms with E-state index in [1.165, 1.54) is 70.6 Å². The van der Waals surface area contributed by atoms with Crippen LogP contribution in [0.4, 0.5) is 0 Å². The van der Waals surface area contributed by atoms with E-state index in [0.717, 1.165) is 17.8 Å². The second kappa shape index (κ2) is 13.9. The number of carbonyl (C=O) groups excluding carboxylic acids is 1. The molecule has 5 saturated carbocycles. The van der Waals surface area contributed by atoms with E-state index in [1.807, 2.05) is 0 Å². The maximum Gasteiger partial charge on any atom is 0.175 e. The number of nitrogens with two attached hydrogens (primary N) is 1. The predicted octanol–water partition coefficient (Wildman–Crippen LogP) is 4.97. The molecule has 50 heavy (non-hydrogen) atoms. The quantitative estimate of drug-likeness (QED) is 0.184. The summed E-state index contributed by atoms with van der Waals surface area (Å²) in [6.07, 6.45) is 7.40. The molecule has 6 rings (SSSR count). The SMILES string of the molecule is CC(CCC(=O)C(O)C(O)COC1OC(CO)C(O)C(O)C1N)C1CCC2(C)C1CCC1(C)C2CCC2C3(C)CCCC(C)(C)C3CCC21C. The number of carbonyl (C=O) groups is 1. The number of hydrogen-bond donors (Lipinski definition) is 6. The van der Waals surface area contributed by atoms with Crippen molar-refractivity contribution in [1.29, 1.82) is 0 Å². The average molecular weight is 706 g/mol. The predicted molar refractivity (Wildman–Crippen MR) is 192 cm³/mol. The highest BCUT2D eigenvalue weighted by Crippen LogP contribution is 2.78. The highest BCUT2D eigenvalue weighted by atomic mass is 16.7. The largest absolute Gasteiger partial charge is 0.394 e. The fourth-order valence-corrected chi connectivity index (χ4v) is 14.5. The van der Waals surface area contributed by atoms with Crippen molar-refractivity contribution in [3.63, 3.8) is 0 Å². The third-order valence-corrected chi connectivity index (χ3v) is 17.4. The highest BCUT2D eigenvalue weighted by molar-refractivity contribution is 5.83. The third-order valence-electron chi connectivity index (χ3n) is 17.4. The summed E-state index contributed by atoms with van der Waals surface area (Å²) >= 11 is 0. The third kappa shape index (κ3) is 6.08. The second-order valence-corrected chi connectivity index (χ2v) is 19.9. The van der Waals surface area contributed by atoms with Crippen LogP contribution < -0.4 is 5.73 Å². The van der Waals surface area contributed by atoms with Gasteiger partial charge in [0.1, 0.15) is 30.5 Å². The molecule has 1 saturated heterocycles. The number of ether oxygens (including phenoxy) is 2. The number of aliphatic hydroxyl groups is 5. The zero-order valence-electron chi connectivity index (χ0n) is 32.2. The minimum absolute atomic E-state index is 0.188. The molecule has 17 atom stereocenters. The van der Waals surface area contributed by atoms with Gasteiger partial charge in [0.15, 0.2) is 12.1 Å². The van der Waals surface area contributed by atoms with E-state index < -0.39 is 61.8 Å². The zero-order valence-corrected chi connectivity index (χ0v) is 32.2. The molecule has 288 valence electrons. The Morgan fingerprint density at radius 1 is 0.840 bits per heavy atom. The van der Waals surface area contributed by atoms with E-state index >= 15 is 0 Å². The molecule has 1 heterocycles. The van der Waals surface area contributed by atoms with Crippen LogP contribution in [-0.4, -0.2) is 87.4 Å². The fraction of sp³-hybridized carbons (Fsp3) is 0.976. The molecule has 0 radical (unpaired) electrons. The first-order chi connectivity index (χ1) is 23.4. The lowest BCUT2D eigenvalue weighted by atomic mass is 9.32. The maximum atomic E-state index is 13.1. The molecule has 1 aliphatic heterocycles. The van der Waals surface area contributed by atoms with Crippen LogP contribution in [0.3, 0.4) is 0 Å². The van der Waals surface area contributed by atoms with Crippen molar-refractivity contribution < 1.29 is 39.8 Å². The Kier molecular flexibility index (Phi) is 10.8. The number of ketones is 1. The second-order valence-electron chi connectivity index (χ2n) is 19.9. The summed E-state index contributed by atoms with van der Waals surface area (Å²) < 4.78 is 10.9. The Morgan fingerprint density at radius 2 is 1.48 bits per heavy atom. The van der Waals surface area contributed by atoms with Gasteiger partial charge in [0.2, 0.25) is 0 Å². The normalized spacial score (nSPS) is 50.3. The molecule has 0 spiro atoms. The molecule has 0 amide bonds. The lowest BCUT2D eigenvalue weighted by molar-refractivity contribution is -0.271. The summed E-state index contributed by atoms with van der Waals surface area (Å²) in [5.74, 6) is 3.54. The summed E-state index contributed by atoms with van der Waals surface area (Å²) in [6.45, 7) is 17.2. The monoisotopic (exact) mass is 706 g/mol. The fourth-order valence-electron chi connectivity index (χ4n) is 14.5. The van der Waals surface area contributed by atoms with Crippen LogP contribution in [0.2, 0.25) is 0 Å². The van der Waals surface area contributed by atoms with Crippen molar-refractivity contribution in [2.45, 2.75) is 175 Å². The van der Waals surface area contributed by atoms with Crippen LogP contribution in [0, 0.1) is 62.6 Å². The van der Waals surface area contributed by atoms with Gasteiger partial charge >= 0.3 is 0 Å². The Bertz CT molecular complexity index is 1230. The molecule has 0 bridgehead atoms. The van der Waals surface area contributed by atoms with Crippen molar-refractivity contribution in [3.8, 4) is 0 Å². The van der Waals surface area contributed by atoms with Gasteiger partial charge in [-0.2, -0.15) is 0 Å². The molecule has 0 aromatic heterocycles. The smallest absolute Gasteiger partial charge is 0.175 e. The average Bonchev–Trinajstić information content (AvgIpc) is 3.42. The first-order valence-electron chi connectivity index (χ1n) is 20.2. The number of hydrogen-bond acceptors (Lipinski definition) is 9. The molecule has 0 aromatic rings. The van der Waals surface area contributed by atoms with Crippen LogP contribution in [0.15, 0.2) is 0 Å². The van der Waals surface area contributed by atoms with E-state index in [0.29, 0.717) is 51.2 Å². The molecular weight excluding hydrogens is 634 g/mol. The Hall–Kier alpha value is -0.650. The van der Waals surface area contributed by atoms with Gasteiger partial charge in [-0.25, -0.2) is 0 Å². The molecule has 6 fully saturated rings. The summed E-state index contributed by atoms with van der Waals surface area (Å²) in [6, 6.07) is -1.12. The first-order valence-corrected chi connectivity index (χ1v) is 20.2.